The Morgan fingerprint density at radius 3 is 2.70 bits per heavy atom. The summed E-state index contributed by atoms with van der Waals surface area (Å²) in [5.74, 6) is 0.352. The van der Waals surface area contributed by atoms with E-state index in [-0.39, 0.29) is 30.3 Å². The number of rotatable bonds is 7. The van der Waals surface area contributed by atoms with Gasteiger partial charge in [0.05, 0.1) is 0 Å². The number of halogens is 1. The van der Waals surface area contributed by atoms with Crippen LogP contribution in [0.2, 0.25) is 5.02 Å². The smallest absolute Gasteiger partial charge is 0.223 e. The van der Waals surface area contributed by atoms with E-state index in [0.717, 1.165) is 19.6 Å². The minimum Gasteiger partial charge on any atom is -0.490 e. The Morgan fingerprint density at radius 1 is 1.22 bits per heavy atom. The first-order valence-corrected chi connectivity index (χ1v) is 10.1. The predicted octanol–water partition coefficient (Wildman–Crippen LogP) is 2.30. The summed E-state index contributed by atoms with van der Waals surface area (Å²) < 4.78 is 6.08. The van der Waals surface area contributed by atoms with Crippen molar-refractivity contribution in [2.24, 2.45) is 11.7 Å². The van der Waals surface area contributed by atoms with Crippen LogP contribution in [0.3, 0.4) is 0 Å². The van der Waals surface area contributed by atoms with Crippen molar-refractivity contribution in [3.63, 3.8) is 0 Å². The summed E-state index contributed by atoms with van der Waals surface area (Å²) in [6.07, 6.45) is 3.71. The number of nitrogens with two attached hydrogens (primary N) is 1. The number of ether oxygens (including phenoxy) is 1. The maximum absolute atomic E-state index is 12.6. The van der Waals surface area contributed by atoms with Gasteiger partial charge in [-0.2, -0.15) is 0 Å². The maximum Gasteiger partial charge on any atom is 0.223 e. The van der Waals surface area contributed by atoms with Gasteiger partial charge in [-0.1, -0.05) is 17.7 Å². The fourth-order valence-electron chi connectivity index (χ4n) is 3.98. The third kappa shape index (κ3) is 5.84. The summed E-state index contributed by atoms with van der Waals surface area (Å²) in [7, 11) is 0. The molecule has 0 spiro atoms. The molecule has 2 atom stereocenters. The third-order valence-electron chi connectivity index (χ3n) is 5.40. The van der Waals surface area contributed by atoms with Crippen LogP contribution >= 0.6 is 11.6 Å². The molecule has 3 rings (SSSR count). The van der Waals surface area contributed by atoms with Gasteiger partial charge in [-0.3, -0.25) is 9.59 Å². The van der Waals surface area contributed by atoms with Crippen molar-refractivity contribution >= 4 is 23.4 Å². The highest BCUT2D eigenvalue weighted by Crippen LogP contribution is 2.27. The first-order chi connectivity index (χ1) is 13.0. The Morgan fingerprint density at radius 2 is 2.00 bits per heavy atom. The van der Waals surface area contributed by atoms with Gasteiger partial charge in [0.1, 0.15) is 11.9 Å². The summed E-state index contributed by atoms with van der Waals surface area (Å²) in [6, 6.07) is 7.23. The highest BCUT2D eigenvalue weighted by Gasteiger charge is 2.34. The molecule has 1 aromatic rings. The third-order valence-corrected chi connectivity index (χ3v) is 5.64. The van der Waals surface area contributed by atoms with E-state index < -0.39 is 0 Å². The van der Waals surface area contributed by atoms with Crippen LogP contribution in [0.5, 0.6) is 5.75 Å². The number of nitrogens with zero attached hydrogens (tertiary/aromatic N) is 2. The summed E-state index contributed by atoms with van der Waals surface area (Å²) in [6.45, 7) is 4.14. The van der Waals surface area contributed by atoms with Gasteiger partial charge < -0.3 is 20.3 Å². The van der Waals surface area contributed by atoms with Crippen molar-refractivity contribution in [2.45, 2.75) is 38.2 Å². The average molecular weight is 394 g/mol. The second-order valence-electron chi connectivity index (χ2n) is 7.47. The Hall–Kier alpha value is -1.79. The lowest BCUT2D eigenvalue weighted by Gasteiger charge is -2.38. The average Bonchev–Trinajstić information content (AvgIpc) is 3.14. The number of benzene rings is 1. The highest BCUT2D eigenvalue weighted by molar-refractivity contribution is 6.30. The molecule has 0 aromatic heterocycles. The summed E-state index contributed by atoms with van der Waals surface area (Å²) in [5, 5.41) is 0.605. The zero-order valence-electron chi connectivity index (χ0n) is 15.6. The lowest BCUT2D eigenvalue weighted by atomic mass is 9.91. The van der Waals surface area contributed by atoms with Crippen LogP contribution in [0.25, 0.3) is 0 Å². The molecule has 0 saturated carbocycles. The van der Waals surface area contributed by atoms with Crippen LogP contribution in [-0.2, 0) is 9.59 Å². The van der Waals surface area contributed by atoms with Gasteiger partial charge in [0.25, 0.3) is 0 Å². The van der Waals surface area contributed by atoms with Crippen molar-refractivity contribution in [2.75, 3.05) is 32.7 Å². The topological polar surface area (TPSA) is 75.9 Å². The van der Waals surface area contributed by atoms with Crippen LogP contribution < -0.4 is 10.5 Å². The van der Waals surface area contributed by atoms with E-state index in [1.165, 1.54) is 12.8 Å². The van der Waals surface area contributed by atoms with Crippen molar-refractivity contribution in [3.8, 4) is 5.75 Å². The lowest BCUT2D eigenvalue weighted by molar-refractivity contribution is -0.136. The Labute approximate surface area is 165 Å². The molecule has 2 saturated heterocycles. The van der Waals surface area contributed by atoms with Crippen LogP contribution in [0, 0.1) is 5.92 Å². The minimum absolute atomic E-state index is 0.106. The number of hydrogen-bond acceptors (Lipinski definition) is 4. The molecule has 2 amide bonds. The van der Waals surface area contributed by atoms with E-state index >= 15 is 0 Å². The zero-order chi connectivity index (χ0) is 19.2. The molecule has 7 heteroatoms. The van der Waals surface area contributed by atoms with E-state index in [2.05, 4.69) is 4.90 Å². The molecule has 148 valence electrons. The number of primary amides is 1. The molecule has 1 aromatic carbocycles. The molecule has 2 aliphatic heterocycles. The van der Waals surface area contributed by atoms with Crippen molar-refractivity contribution in [1.82, 2.24) is 9.80 Å². The normalized spacial score (nSPS) is 23.4. The molecule has 27 heavy (non-hydrogen) atoms. The fraction of sp³-hybridized carbons (Fsp3) is 0.600. The van der Waals surface area contributed by atoms with Gasteiger partial charge in [0, 0.05) is 49.8 Å². The number of likely N-dealkylation sites (tertiary alicyclic amines) is 2. The van der Waals surface area contributed by atoms with Gasteiger partial charge in [0.15, 0.2) is 0 Å². The van der Waals surface area contributed by atoms with Crippen LogP contribution in [0.4, 0.5) is 0 Å². The molecule has 2 fully saturated rings. The van der Waals surface area contributed by atoms with Gasteiger partial charge >= 0.3 is 0 Å². The lowest BCUT2D eigenvalue weighted by Crippen LogP contribution is -2.49. The Bertz CT molecular complexity index is 664. The second-order valence-corrected chi connectivity index (χ2v) is 7.91. The molecule has 0 unspecified atom stereocenters. The van der Waals surface area contributed by atoms with Gasteiger partial charge in [-0.25, -0.2) is 0 Å². The molecule has 2 N–H and O–H groups in total. The molecular formula is C20H28ClN3O3. The molecule has 2 aliphatic rings. The first kappa shape index (κ1) is 20.0. The van der Waals surface area contributed by atoms with E-state index in [0.29, 0.717) is 36.7 Å². The van der Waals surface area contributed by atoms with Crippen molar-refractivity contribution < 1.29 is 14.3 Å². The standard InChI is InChI=1S/C20H28ClN3O3/c21-16-4-3-5-17(13-16)27-18-6-11-24(14-15(18)12-19(22)25)20(26)7-10-23-8-1-2-9-23/h3-5,13,15,18H,1-2,6-12,14H2,(H2,22,25)/t15-,18-/m0/s1. The largest absolute Gasteiger partial charge is 0.490 e. The quantitative estimate of drug-likeness (QED) is 0.771. The Balaban J connectivity index is 1.57. The van der Waals surface area contributed by atoms with Crippen LogP contribution in [0.1, 0.15) is 32.1 Å². The molecular weight excluding hydrogens is 366 g/mol. The first-order valence-electron chi connectivity index (χ1n) is 9.72. The Kier molecular flexibility index (Phi) is 6.96. The van der Waals surface area contributed by atoms with Gasteiger partial charge in [-0.15, -0.1) is 0 Å². The minimum atomic E-state index is -0.369. The van der Waals surface area contributed by atoms with E-state index in [4.69, 9.17) is 22.1 Å². The molecule has 2 heterocycles. The SMILES string of the molecule is NC(=O)C[C@H]1CN(C(=O)CCN2CCCC2)CC[C@@H]1Oc1cccc(Cl)c1. The summed E-state index contributed by atoms with van der Waals surface area (Å²) in [5.41, 5.74) is 5.44. The fourth-order valence-corrected chi connectivity index (χ4v) is 4.16. The summed E-state index contributed by atoms with van der Waals surface area (Å²) in [4.78, 5) is 28.4. The number of carbonyl (C=O) groups excluding carboxylic acids is 2. The molecule has 0 bridgehead atoms. The maximum atomic E-state index is 12.6. The van der Waals surface area contributed by atoms with Gasteiger partial charge in [-0.05, 0) is 44.1 Å². The number of amides is 2. The van der Waals surface area contributed by atoms with Crippen molar-refractivity contribution in [1.29, 1.82) is 0 Å². The number of carbonyl (C=O) groups is 2. The highest BCUT2D eigenvalue weighted by atomic mass is 35.5. The number of piperidine rings is 1. The van der Waals surface area contributed by atoms with Crippen LogP contribution in [0.15, 0.2) is 24.3 Å². The zero-order valence-corrected chi connectivity index (χ0v) is 16.4. The number of hydrogen-bond donors (Lipinski definition) is 1. The van der Waals surface area contributed by atoms with E-state index in [1.54, 1.807) is 12.1 Å². The van der Waals surface area contributed by atoms with E-state index in [1.807, 2.05) is 17.0 Å². The van der Waals surface area contributed by atoms with Crippen LogP contribution in [-0.4, -0.2) is 60.4 Å². The second kappa shape index (κ2) is 9.42. The monoisotopic (exact) mass is 393 g/mol. The predicted molar refractivity (Wildman–Crippen MR) is 105 cm³/mol. The molecule has 0 radical (unpaired) electrons. The van der Waals surface area contributed by atoms with Gasteiger partial charge in [0.2, 0.25) is 11.8 Å². The van der Waals surface area contributed by atoms with Crippen molar-refractivity contribution in [3.05, 3.63) is 29.3 Å². The van der Waals surface area contributed by atoms with E-state index in [9.17, 15) is 9.59 Å². The molecule has 0 aliphatic carbocycles. The molecule has 6 nitrogen and oxygen atoms in total. The summed E-state index contributed by atoms with van der Waals surface area (Å²) >= 11 is 6.03.